The minimum absolute atomic E-state index is 0.170. The SMILES string of the molecule is CCOC(=O)Nc1cccc(OC(=O)Nc2ccccc2)c1.Nc1c([N+](=O)[O-])cnn1-c1c(Cl)cc(C(F)(F)F)cc1Cl. The maximum atomic E-state index is 12.6. The fourth-order valence-electron chi connectivity index (χ4n) is 3.29. The number of nitrogen functional groups attached to an aromatic ring is 1. The number of amides is 2. The van der Waals surface area contributed by atoms with Crippen molar-refractivity contribution in [3.63, 3.8) is 0 Å². The van der Waals surface area contributed by atoms with Crippen molar-refractivity contribution < 1.29 is 37.2 Å². The Morgan fingerprint density at radius 1 is 1.00 bits per heavy atom. The van der Waals surface area contributed by atoms with Crippen LogP contribution < -0.4 is 21.1 Å². The summed E-state index contributed by atoms with van der Waals surface area (Å²) in [5.74, 6) is -0.0914. The molecule has 43 heavy (non-hydrogen) atoms. The van der Waals surface area contributed by atoms with Gasteiger partial charge in [0.05, 0.1) is 27.1 Å². The smallest absolute Gasteiger partial charge is 0.417 e. The van der Waals surface area contributed by atoms with Crippen LogP contribution in [0.1, 0.15) is 12.5 Å². The lowest BCUT2D eigenvalue weighted by atomic mass is 10.2. The second kappa shape index (κ2) is 14.2. The van der Waals surface area contributed by atoms with Gasteiger partial charge in [-0.25, -0.2) is 14.3 Å². The first-order chi connectivity index (χ1) is 20.3. The summed E-state index contributed by atoms with van der Waals surface area (Å²) in [4.78, 5) is 33.0. The molecule has 4 aromatic rings. The number of benzene rings is 3. The van der Waals surface area contributed by atoms with E-state index in [4.69, 9.17) is 38.4 Å². The van der Waals surface area contributed by atoms with Crippen LogP contribution in [0, 0.1) is 10.1 Å². The molecule has 4 rings (SSSR count). The third-order valence-corrected chi connectivity index (χ3v) is 5.70. The van der Waals surface area contributed by atoms with Crippen molar-refractivity contribution in [1.29, 1.82) is 0 Å². The normalized spacial score (nSPS) is 10.7. The third kappa shape index (κ3) is 8.98. The van der Waals surface area contributed by atoms with Crippen LogP contribution >= 0.6 is 23.2 Å². The number of anilines is 3. The van der Waals surface area contributed by atoms with Crippen LogP contribution in [0.25, 0.3) is 5.69 Å². The van der Waals surface area contributed by atoms with E-state index in [2.05, 4.69) is 15.7 Å². The molecule has 2 amide bonds. The average molecular weight is 641 g/mol. The molecule has 0 saturated carbocycles. The minimum Gasteiger partial charge on any atom is -0.450 e. The van der Waals surface area contributed by atoms with Gasteiger partial charge in [-0.3, -0.25) is 20.7 Å². The van der Waals surface area contributed by atoms with E-state index < -0.39 is 40.4 Å². The largest absolute Gasteiger partial charge is 0.450 e. The first-order valence-electron chi connectivity index (χ1n) is 11.9. The van der Waals surface area contributed by atoms with Crippen molar-refractivity contribution in [1.82, 2.24) is 9.78 Å². The zero-order valence-electron chi connectivity index (χ0n) is 21.9. The predicted octanol–water partition coefficient (Wildman–Crippen LogP) is 7.55. The third-order valence-electron chi connectivity index (χ3n) is 5.13. The van der Waals surface area contributed by atoms with Gasteiger partial charge >= 0.3 is 24.1 Å². The first kappa shape index (κ1) is 32.5. The molecule has 4 N–H and O–H groups in total. The molecule has 1 heterocycles. The van der Waals surface area contributed by atoms with E-state index in [1.54, 1.807) is 49.4 Å². The summed E-state index contributed by atoms with van der Waals surface area (Å²) in [7, 11) is 0. The monoisotopic (exact) mass is 640 g/mol. The Morgan fingerprint density at radius 3 is 2.16 bits per heavy atom. The van der Waals surface area contributed by atoms with Gasteiger partial charge in [-0.05, 0) is 43.3 Å². The number of nitro groups is 1. The molecule has 226 valence electrons. The van der Waals surface area contributed by atoms with Crippen molar-refractivity contribution in [3.8, 4) is 11.4 Å². The zero-order chi connectivity index (χ0) is 31.7. The maximum Gasteiger partial charge on any atom is 0.417 e. The molecule has 0 aliphatic carbocycles. The van der Waals surface area contributed by atoms with Gasteiger partial charge in [0.25, 0.3) is 0 Å². The van der Waals surface area contributed by atoms with Crippen molar-refractivity contribution in [2.24, 2.45) is 0 Å². The number of alkyl halides is 3. The van der Waals surface area contributed by atoms with Crippen molar-refractivity contribution in [2.45, 2.75) is 13.1 Å². The van der Waals surface area contributed by atoms with Crippen LogP contribution in [0.2, 0.25) is 10.0 Å². The highest BCUT2D eigenvalue weighted by atomic mass is 35.5. The minimum atomic E-state index is -4.63. The molecular weight excluding hydrogens is 620 g/mol. The van der Waals surface area contributed by atoms with Gasteiger partial charge in [0.1, 0.15) is 17.6 Å². The predicted molar refractivity (Wildman–Crippen MR) is 153 cm³/mol. The summed E-state index contributed by atoms with van der Waals surface area (Å²) in [5.41, 5.74) is 4.89. The Hall–Kier alpha value is -5.02. The molecule has 1 aromatic heterocycles. The van der Waals surface area contributed by atoms with Gasteiger partial charge in [-0.1, -0.05) is 47.5 Å². The number of carbonyl (C=O) groups is 2. The lowest BCUT2D eigenvalue weighted by molar-refractivity contribution is -0.383. The van der Waals surface area contributed by atoms with E-state index in [1.165, 1.54) is 6.07 Å². The molecule has 0 fully saturated rings. The average Bonchev–Trinajstić information content (AvgIpc) is 3.30. The fraction of sp³-hybridized carbons (Fsp3) is 0.115. The van der Waals surface area contributed by atoms with Gasteiger partial charge in [-0.2, -0.15) is 18.3 Å². The molecule has 0 saturated heterocycles. The van der Waals surface area contributed by atoms with Crippen LogP contribution in [-0.4, -0.2) is 33.5 Å². The number of rotatable bonds is 6. The molecule has 0 bridgehead atoms. The van der Waals surface area contributed by atoms with Crippen molar-refractivity contribution >= 4 is 58.3 Å². The molecule has 0 radical (unpaired) electrons. The van der Waals surface area contributed by atoms with Gasteiger partial charge < -0.3 is 15.2 Å². The van der Waals surface area contributed by atoms with E-state index in [0.29, 0.717) is 29.3 Å². The second-order valence-electron chi connectivity index (χ2n) is 8.12. The standard InChI is InChI=1S/C16H16N2O4.C10H5Cl2F3N4O2/c1-2-21-15(19)18-13-9-6-10-14(11-13)22-16(20)17-12-7-4-3-5-8-12;11-5-1-4(10(13,14)15)2-6(12)8(5)18-9(16)7(3-17-18)19(20)21/h3-11H,2H2,1H3,(H,17,20)(H,18,19);1-3H,16H2. The lowest BCUT2D eigenvalue weighted by Gasteiger charge is -2.12. The molecule has 0 aliphatic rings. The first-order valence-corrected chi connectivity index (χ1v) is 12.7. The topological polar surface area (TPSA) is 164 Å². The Labute approximate surface area is 251 Å². The molecular formula is C26H21Cl2F3N6O6. The number of hydrogen-bond acceptors (Lipinski definition) is 8. The van der Waals surface area contributed by atoms with Crippen LogP contribution in [0.5, 0.6) is 5.75 Å². The molecule has 0 unspecified atom stereocenters. The fourth-order valence-corrected chi connectivity index (χ4v) is 3.94. The van der Waals surface area contributed by atoms with Crippen LogP contribution in [0.3, 0.4) is 0 Å². The summed E-state index contributed by atoms with van der Waals surface area (Å²) >= 11 is 11.5. The van der Waals surface area contributed by atoms with Gasteiger partial charge in [0, 0.05) is 17.4 Å². The van der Waals surface area contributed by atoms with E-state index in [0.717, 1.165) is 10.9 Å². The van der Waals surface area contributed by atoms with Crippen LogP contribution in [-0.2, 0) is 10.9 Å². The summed E-state index contributed by atoms with van der Waals surface area (Å²) < 4.78 is 48.6. The summed E-state index contributed by atoms with van der Waals surface area (Å²) in [6.07, 6.45) is -4.96. The van der Waals surface area contributed by atoms with E-state index >= 15 is 0 Å². The Balaban J connectivity index is 0.000000236. The second-order valence-corrected chi connectivity index (χ2v) is 8.94. The number of hydrogen-bond donors (Lipinski definition) is 3. The molecule has 3 aromatic carbocycles. The molecule has 0 spiro atoms. The van der Waals surface area contributed by atoms with Gasteiger partial charge in [0.2, 0.25) is 5.82 Å². The number of nitrogens with zero attached hydrogens (tertiary/aromatic N) is 3. The van der Waals surface area contributed by atoms with Gasteiger partial charge in [-0.15, -0.1) is 0 Å². The Bertz CT molecular complexity index is 1600. The van der Waals surface area contributed by atoms with Crippen LogP contribution in [0.15, 0.2) is 72.9 Å². The number of ether oxygens (including phenoxy) is 2. The highest BCUT2D eigenvalue weighted by molar-refractivity contribution is 6.38. The van der Waals surface area contributed by atoms with E-state index in [1.807, 2.05) is 6.07 Å². The van der Waals surface area contributed by atoms with E-state index in [9.17, 15) is 32.9 Å². The summed E-state index contributed by atoms with van der Waals surface area (Å²) in [5, 5.41) is 18.7. The number of nitrogens with one attached hydrogen (secondary N) is 2. The molecule has 12 nitrogen and oxygen atoms in total. The van der Waals surface area contributed by atoms with E-state index in [-0.39, 0.29) is 22.3 Å². The molecule has 0 atom stereocenters. The zero-order valence-corrected chi connectivity index (χ0v) is 23.4. The maximum absolute atomic E-state index is 12.6. The van der Waals surface area contributed by atoms with Crippen molar-refractivity contribution in [3.05, 3.63) is 98.6 Å². The Morgan fingerprint density at radius 2 is 1.60 bits per heavy atom. The number of para-hydroxylation sites is 1. The lowest BCUT2D eigenvalue weighted by Crippen LogP contribution is -2.17. The van der Waals surface area contributed by atoms with Gasteiger partial charge in [0.15, 0.2) is 0 Å². The number of halogens is 5. The number of aromatic nitrogens is 2. The highest BCUT2D eigenvalue weighted by Crippen LogP contribution is 2.39. The Kier molecular flexibility index (Phi) is 10.8. The molecule has 0 aliphatic heterocycles. The summed E-state index contributed by atoms with van der Waals surface area (Å²) in [6.45, 7) is 1.99. The van der Waals surface area contributed by atoms with Crippen LogP contribution in [0.4, 0.5) is 45.6 Å². The quantitative estimate of drug-likeness (QED) is 0.143. The summed E-state index contributed by atoms with van der Waals surface area (Å²) in [6, 6.07) is 16.7. The molecule has 17 heteroatoms. The highest BCUT2D eigenvalue weighted by Gasteiger charge is 2.33. The number of nitrogens with two attached hydrogens (primary N) is 1. The van der Waals surface area contributed by atoms with Crippen molar-refractivity contribution in [2.75, 3.05) is 23.0 Å². The number of carbonyl (C=O) groups excluding carboxylic acids is 2.